The summed E-state index contributed by atoms with van der Waals surface area (Å²) in [5.41, 5.74) is 1.51. The molecule has 4 heterocycles. The number of rotatable bonds is 4. The van der Waals surface area contributed by atoms with Crippen LogP contribution in [0.1, 0.15) is 48.9 Å². The van der Waals surface area contributed by atoms with Gasteiger partial charge in [-0.1, -0.05) is 30.3 Å². The van der Waals surface area contributed by atoms with Crippen LogP contribution in [0.15, 0.2) is 47.3 Å². The summed E-state index contributed by atoms with van der Waals surface area (Å²) in [5, 5.41) is 0. The maximum absolute atomic E-state index is 13.7. The van der Waals surface area contributed by atoms with E-state index in [1.54, 1.807) is 19.1 Å². The number of carbonyl (C=O) groups is 3. The van der Waals surface area contributed by atoms with Crippen LogP contribution in [0, 0.1) is 12.8 Å². The van der Waals surface area contributed by atoms with Gasteiger partial charge in [-0.15, -0.1) is 0 Å². The number of carbonyl (C=O) groups excluding carboxylic acids is 3. The first-order chi connectivity index (χ1) is 15.8. The molecule has 3 amide bonds. The van der Waals surface area contributed by atoms with Gasteiger partial charge in [-0.3, -0.25) is 24.1 Å². The van der Waals surface area contributed by atoms with Gasteiger partial charge in [-0.05, 0) is 43.4 Å². The number of hydrogen-bond donors (Lipinski definition) is 0. The van der Waals surface area contributed by atoms with Gasteiger partial charge in [0.25, 0.3) is 5.56 Å². The van der Waals surface area contributed by atoms with Crippen LogP contribution in [0.3, 0.4) is 0 Å². The van der Waals surface area contributed by atoms with Crippen molar-refractivity contribution < 1.29 is 14.4 Å². The normalized spacial score (nSPS) is 26.5. The van der Waals surface area contributed by atoms with E-state index in [1.165, 1.54) is 4.90 Å². The van der Waals surface area contributed by atoms with Gasteiger partial charge in [0.15, 0.2) is 0 Å². The minimum atomic E-state index is -1.16. The summed E-state index contributed by atoms with van der Waals surface area (Å²) < 4.78 is 1.84. The van der Waals surface area contributed by atoms with E-state index in [0.29, 0.717) is 26.2 Å². The highest BCUT2D eigenvalue weighted by Crippen LogP contribution is 2.43. The van der Waals surface area contributed by atoms with Gasteiger partial charge in [-0.2, -0.15) is 0 Å². The minimum absolute atomic E-state index is 0.00945. The SMILES string of the molecule is CCN1C(=O)CC(CC(=O)N2C[C@H]3C[C@@H](C2)c2cccc(=O)n2C3)(c2ccccc2C)C1=O. The van der Waals surface area contributed by atoms with Crippen molar-refractivity contribution in [2.45, 2.75) is 51.0 Å². The summed E-state index contributed by atoms with van der Waals surface area (Å²) in [6.07, 6.45) is 0.965. The zero-order valence-corrected chi connectivity index (χ0v) is 19.1. The molecule has 2 fully saturated rings. The number of pyridine rings is 1. The van der Waals surface area contributed by atoms with Crippen molar-refractivity contribution in [1.29, 1.82) is 0 Å². The Morgan fingerprint density at radius 3 is 2.55 bits per heavy atom. The van der Waals surface area contributed by atoms with E-state index in [1.807, 2.05) is 46.7 Å². The van der Waals surface area contributed by atoms with Crippen LogP contribution in [-0.2, 0) is 26.3 Å². The lowest BCUT2D eigenvalue weighted by Crippen LogP contribution is -2.51. The largest absolute Gasteiger partial charge is 0.342 e. The second kappa shape index (κ2) is 7.97. The first kappa shape index (κ1) is 21.6. The highest BCUT2D eigenvalue weighted by atomic mass is 16.2. The number of benzene rings is 1. The monoisotopic (exact) mass is 447 g/mol. The van der Waals surface area contributed by atoms with Crippen LogP contribution in [0.2, 0.25) is 0 Å². The van der Waals surface area contributed by atoms with Crippen molar-refractivity contribution >= 4 is 17.7 Å². The molecule has 3 atom stereocenters. The molecule has 0 saturated carbocycles. The molecule has 2 bridgehead atoms. The molecular formula is C26H29N3O4. The fourth-order valence-electron chi connectivity index (χ4n) is 6.14. The zero-order valence-electron chi connectivity index (χ0n) is 19.1. The molecule has 3 aliphatic rings. The molecule has 2 aromatic rings. The van der Waals surface area contributed by atoms with Gasteiger partial charge in [0.2, 0.25) is 17.7 Å². The molecule has 3 aliphatic heterocycles. The van der Waals surface area contributed by atoms with E-state index in [4.69, 9.17) is 0 Å². The molecule has 0 aliphatic carbocycles. The van der Waals surface area contributed by atoms with Crippen LogP contribution in [-0.4, -0.2) is 51.7 Å². The number of likely N-dealkylation sites (tertiary alicyclic amines) is 2. The fourth-order valence-corrected chi connectivity index (χ4v) is 6.14. The lowest BCUT2D eigenvalue weighted by molar-refractivity contribution is -0.143. The first-order valence-electron chi connectivity index (χ1n) is 11.7. The third kappa shape index (κ3) is 3.41. The Labute approximate surface area is 193 Å². The van der Waals surface area contributed by atoms with Gasteiger partial charge in [0.05, 0.1) is 5.41 Å². The molecule has 0 radical (unpaired) electrons. The Kier molecular flexibility index (Phi) is 5.22. The number of aryl methyl sites for hydroxylation is 1. The third-order valence-electron chi connectivity index (χ3n) is 7.67. The van der Waals surface area contributed by atoms with Gasteiger partial charge in [0, 0.05) is 56.7 Å². The molecule has 7 nitrogen and oxygen atoms in total. The molecule has 1 unspecified atom stereocenters. The lowest BCUT2D eigenvalue weighted by Gasteiger charge is -2.43. The maximum Gasteiger partial charge on any atom is 0.250 e. The number of aromatic nitrogens is 1. The van der Waals surface area contributed by atoms with Crippen molar-refractivity contribution in [2.75, 3.05) is 19.6 Å². The second-order valence-corrected chi connectivity index (χ2v) is 9.69. The van der Waals surface area contributed by atoms with Crippen LogP contribution < -0.4 is 5.56 Å². The standard InChI is InChI=1S/C26H29N3O4/c1-3-28-24(32)13-26(25(28)33,20-8-5-4-7-17(20)2)12-23(31)27-14-18-11-19(16-27)21-9-6-10-22(30)29(21)15-18/h4-10,18-19H,3,11-16H2,1-2H3/t18-,19+,26?/m1/s1. The van der Waals surface area contributed by atoms with E-state index in [9.17, 15) is 19.2 Å². The van der Waals surface area contributed by atoms with Crippen molar-refractivity contribution in [1.82, 2.24) is 14.4 Å². The van der Waals surface area contributed by atoms with Crippen molar-refractivity contribution in [3.63, 3.8) is 0 Å². The van der Waals surface area contributed by atoms with Gasteiger partial charge in [0.1, 0.15) is 0 Å². The number of piperidine rings is 1. The fraction of sp³-hybridized carbons (Fsp3) is 0.462. The molecular weight excluding hydrogens is 418 g/mol. The number of imide groups is 1. The molecule has 1 aromatic heterocycles. The van der Waals surface area contributed by atoms with E-state index >= 15 is 0 Å². The molecule has 1 aromatic carbocycles. The number of likely N-dealkylation sites (N-methyl/N-ethyl adjacent to an activating group) is 1. The van der Waals surface area contributed by atoms with Crippen molar-refractivity contribution in [3.05, 3.63) is 69.6 Å². The van der Waals surface area contributed by atoms with E-state index < -0.39 is 5.41 Å². The zero-order chi connectivity index (χ0) is 23.3. The van der Waals surface area contributed by atoms with Crippen LogP contribution in [0.5, 0.6) is 0 Å². The van der Waals surface area contributed by atoms with Gasteiger partial charge in [-0.25, -0.2) is 0 Å². The Morgan fingerprint density at radius 1 is 1.03 bits per heavy atom. The molecule has 33 heavy (non-hydrogen) atoms. The van der Waals surface area contributed by atoms with E-state index in [2.05, 4.69) is 0 Å². The summed E-state index contributed by atoms with van der Waals surface area (Å²) in [6.45, 7) is 5.73. The van der Waals surface area contributed by atoms with Crippen molar-refractivity contribution in [2.24, 2.45) is 5.92 Å². The smallest absolute Gasteiger partial charge is 0.250 e. The highest BCUT2D eigenvalue weighted by molar-refractivity contribution is 6.10. The van der Waals surface area contributed by atoms with E-state index in [-0.39, 0.29) is 48.0 Å². The van der Waals surface area contributed by atoms with Crippen LogP contribution in [0.25, 0.3) is 0 Å². The average molecular weight is 448 g/mol. The number of amides is 3. The summed E-state index contributed by atoms with van der Waals surface area (Å²) in [5.74, 6) is -0.270. The second-order valence-electron chi connectivity index (χ2n) is 9.69. The molecule has 7 heteroatoms. The average Bonchev–Trinajstić information content (AvgIpc) is 3.04. The molecule has 2 saturated heterocycles. The minimum Gasteiger partial charge on any atom is -0.342 e. The predicted octanol–water partition coefficient (Wildman–Crippen LogP) is 2.21. The van der Waals surface area contributed by atoms with Crippen LogP contribution >= 0.6 is 0 Å². The highest BCUT2D eigenvalue weighted by Gasteiger charge is 2.54. The summed E-state index contributed by atoms with van der Waals surface area (Å²) in [6, 6.07) is 12.9. The summed E-state index contributed by atoms with van der Waals surface area (Å²) >= 11 is 0. The van der Waals surface area contributed by atoms with E-state index in [0.717, 1.165) is 23.2 Å². The quantitative estimate of drug-likeness (QED) is 0.673. The maximum atomic E-state index is 13.7. The molecule has 0 spiro atoms. The third-order valence-corrected chi connectivity index (χ3v) is 7.67. The molecule has 172 valence electrons. The lowest BCUT2D eigenvalue weighted by atomic mass is 9.73. The molecule has 0 N–H and O–H groups in total. The number of fused-ring (bicyclic) bond motifs is 4. The Balaban J connectivity index is 1.46. The molecule has 5 rings (SSSR count). The van der Waals surface area contributed by atoms with Crippen molar-refractivity contribution in [3.8, 4) is 0 Å². The summed E-state index contributed by atoms with van der Waals surface area (Å²) in [7, 11) is 0. The Bertz CT molecular complexity index is 1200. The first-order valence-corrected chi connectivity index (χ1v) is 11.7. The Hall–Kier alpha value is -3.22. The van der Waals surface area contributed by atoms with Crippen LogP contribution in [0.4, 0.5) is 0 Å². The number of nitrogens with zero attached hydrogens (tertiary/aromatic N) is 3. The Morgan fingerprint density at radius 2 is 1.82 bits per heavy atom. The summed E-state index contributed by atoms with van der Waals surface area (Å²) in [4.78, 5) is 55.4. The van der Waals surface area contributed by atoms with Gasteiger partial charge < -0.3 is 9.47 Å². The topological polar surface area (TPSA) is 79.7 Å². The number of hydrogen-bond acceptors (Lipinski definition) is 4. The predicted molar refractivity (Wildman–Crippen MR) is 123 cm³/mol. The van der Waals surface area contributed by atoms with Gasteiger partial charge >= 0.3 is 0 Å².